The second kappa shape index (κ2) is 13.2. The number of ether oxygens (including phenoxy) is 1. The highest BCUT2D eigenvalue weighted by Crippen LogP contribution is 2.18. The van der Waals surface area contributed by atoms with Crippen molar-refractivity contribution in [1.82, 2.24) is 15.5 Å². The van der Waals surface area contributed by atoms with Crippen molar-refractivity contribution in [2.45, 2.75) is 26.7 Å². The van der Waals surface area contributed by atoms with Crippen LogP contribution in [0.15, 0.2) is 29.3 Å². The van der Waals surface area contributed by atoms with Crippen LogP contribution < -0.4 is 10.6 Å². The van der Waals surface area contributed by atoms with Gasteiger partial charge in [-0.2, -0.15) is 0 Å². The lowest BCUT2D eigenvalue weighted by Crippen LogP contribution is -2.48. The van der Waals surface area contributed by atoms with Crippen LogP contribution in [0.3, 0.4) is 0 Å². The van der Waals surface area contributed by atoms with Gasteiger partial charge in [0.1, 0.15) is 5.75 Å². The number of nitrogens with one attached hydrogen (secondary N) is 2. The van der Waals surface area contributed by atoms with Gasteiger partial charge in [-0.3, -0.25) is 14.6 Å². The summed E-state index contributed by atoms with van der Waals surface area (Å²) in [6.45, 7) is 7.04. The van der Waals surface area contributed by atoms with Crippen molar-refractivity contribution in [3.05, 3.63) is 29.8 Å². The Morgan fingerprint density at radius 1 is 1.28 bits per heavy atom. The van der Waals surface area contributed by atoms with E-state index < -0.39 is 0 Å². The van der Waals surface area contributed by atoms with Crippen LogP contribution in [0.5, 0.6) is 5.75 Å². The minimum absolute atomic E-state index is 0. The largest absolute Gasteiger partial charge is 0.507 e. The molecule has 1 unspecified atom stereocenters. The molecule has 1 aliphatic heterocycles. The average Bonchev–Trinajstić information content (AvgIpc) is 2.70. The Balaban J connectivity index is 0.00000420. The van der Waals surface area contributed by atoms with E-state index in [1.165, 1.54) is 6.07 Å². The number of likely N-dealkylation sites (tertiary alicyclic amines) is 1. The minimum Gasteiger partial charge on any atom is -0.507 e. The Bertz CT molecular complexity index is 699. The van der Waals surface area contributed by atoms with Crippen LogP contribution in [0.1, 0.15) is 37.0 Å². The van der Waals surface area contributed by atoms with Gasteiger partial charge < -0.3 is 25.4 Å². The number of para-hydroxylation sites is 1. The molecule has 0 aromatic heterocycles. The highest BCUT2D eigenvalue weighted by molar-refractivity contribution is 14.0. The fourth-order valence-electron chi connectivity index (χ4n) is 3.14. The van der Waals surface area contributed by atoms with Gasteiger partial charge in [0, 0.05) is 26.2 Å². The van der Waals surface area contributed by atoms with Crippen molar-refractivity contribution in [3.8, 4) is 5.75 Å². The molecule has 1 atom stereocenters. The maximum atomic E-state index is 12.1. The second-order valence-electron chi connectivity index (χ2n) is 6.55. The van der Waals surface area contributed by atoms with E-state index in [0.29, 0.717) is 32.8 Å². The summed E-state index contributed by atoms with van der Waals surface area (Å²) in [6.07, 6.45) is 1.73. The third-order valence-corrected chi connectivity index (χ3v) is 4.48. The molecule has 1 fully saturated rings. The SMILES string of the molecule is CCNC(=NCCNC(=O)c1ccccc1O)N1CCCC(C(=O)OCC)C1.I. The van der Waals surface area contributed by atoms with Gasteiger partial charge >= 0.3 is 5.97 Å². The van der Waals surface area contributed by atoms with E-state index >= 15 is 0 Å². The number of aromatic hydroxyl groups is 1. The molecule has 1 aliphatic rings. The molecule has 8 nitrogen and oxygen atoms in total. The van der Waals surface area contributed by atoms with Gasteiger partial charge in [0.25, 0.3) is 5.91 Å². The number of aliphatic imine (C=N–C) groups is 1. The summed E-state index contributed by atoms with van der Waals surface area (Å²) in [5.74, 6) is 0.0541. The molecular formula is C20H31IN4O4. The molecule has 0 radical (unpaired) electrons. The number of guanidine groups is 1. The number of carbonyl (C=O) groups is 2. The molecule has 3 N–H and O–H groups in total. The number of rotatable bonds is 7. The van der Waals surface area contributed by atoms with Crippen molar-refractivity contribution in [2.75, 3.05) is 39.3 Å². The number of esters is 1. The standard InChI is InChI=1S/C20H30N4O4.HI/c1-3-21-20(24-13-7-8-15(14-24)19(27)28-4-2)23-12-11-22-18(26)16-9-5-6-10-17(16)25;/h5-6,9-10,15,25H,3-4,7-8,11-14H2,1-2H3,(H,21,23)(H,22,26);1H. The van der Waals surface area contributed by atoms with Crippen molar-refractivity contribution < 1.29 is 19.4 Å². The summed E-state index contributed by atoms with van der Waals surface area (Å²) >= 11 is 0. The molecule has 1 aromatic carbocycles. The van der Waals surface area contributed by atoms with Gasteiger partial charge in [-0.15, -0.1) is 24.0 Å². The zero-order chi connectivity index (χ0) is 20.4. The first kappa shape index (κ1) is 25.0. The maximum Gasteiger partial charge on any atom is 0.310 e. The number of hydrogen-bond donors (Lipinski definition) is 3. The highest BCUT2D eigenvalue weighted by Gasteiger charge is 2.28. The fourth-order valence-corrected chi connectivity index (χ4v) is 3.14. The van der Waals surface area contributed by atoms with Gasteiger partial charge in [-0.25, -0.2) is 0 Å². The summed E-state index contributed by atoms with van der Waals surface area (Å²) in [5, 5.41) is 15.7. The van der Waals surface area contributed by atoms with E-state index in [1.807, 2.05) is 13.8 Å². The second-order valence-corrected chi connectivity index (χ2v) is 6.55. The molecule has 0 spiro atoms. The molecule has 1 heterocycles. The number of halogens is 1. The Morgan fingerprint density at radius 3 is 2.72 bits per heavy atom. The van der Waals surface area contributed by atoms with E-state index in [1.54, 1.807) is 18.2 Å². The summed E-state index contributed by atoms with van der Waals surface area (Å²) in [5.41, 5.74) is 0.242. The smallest absolute Gasteiger partial charge is 0.310 e. The van der Waals surface area contributed by atoms with Crippen molar-refractivity contribution in [1.29, 1.82) is 0 Å². The topological polar surface area (TPSA) is 103 Å². The quantitative estimate of drug-likeness (QED) is 0.168. The normalized spacial score (nSPS) is 16.6. The molecule has 162 valence electrons. The van der Waals surface area contributed by atoms with Crippen molar-refractivity contribution >= 4 is 41.8 Å². The number of phenolic OH excluding ortho intramolecular Hbond substituents is 1. The molecule has 1 saturated heterocycles. The Hall–Kier alpha value is -2.04. The van der Waals surface area contributed by atoms with Crippen LogP contribution in [0.2, 0.25) is 0 Å². The lowest BCUT2D eigenvalue weighted by atomic mass is 9.98. The zero-order valence-electron chi connectivity index (χ0n) is 17.0. The molecule has 0 aliphatic carbocycles. The summed E-state index contributed by atoms with van der Waals surface area (Å²) in [4.78, 5) is 30.8. The van der Waals surface area contributed by atoms with Gasteiger partial charge in [0.15, 0.2) is 5.96 Å². The number of nitrogens with zero attached hydrogens (tertiary/aromatic N) is 2. The first-order chi connectivity index (χ1) is 13.6. The van der Waals surface area contributed by atoms with E-state index in [-0.39, 0.29) is 53.1 Å². The zero-order valence-corrected chi connectivity index (χ0v) is 19.3. The van der Waals surface area contributed by atoms with Crippen LogP contribution in [0.25, 0.3) is 0 Å². The Labute approximate surface area is 189 Å². The van der Waals surface area contributed by atoms with E-state index in [0.717, 1.165) is 25.3 Å². The van der Waals surface area contributed by atoms with Gasteiger partial charge in [0.05, 0.1) is 24.6 Å². The average molecular weight is 518 g/mol. The van der Waals surface area contributed by atoms with Crippen LogP contribution in [0.4, 0.5) is 0 Å². The first-order valence-corrected chi connectivity index (χ1v) is 9.82. The number of benzene rings is 1. The van der Waals surface area contributed by atoms with Crippen molar-refractivity contribution in [2.24, 2.45) is 10.9 Å². The lowest BCUT2D eigenvalue weighted by Gasteiger charge is -2.34. The summed E-state index contributed by atoms with van der Waals surface area (Å²) in [6, 6.07) is 6.42. The lowest BCUT2D eigenvalue weighted by molar-refractivity contribution is -0.149. The fraction of sp³-hybridized carbons (Fsp3) is 0.550. The number of carbonyl (C=O) groups excluding carboxylic acids is 2. The van der Waals surface area contributed by atoms with Crippen LogP contribution in [-0.2, 0) is 9.53 Å². The van der Waals surface area contributed by atoms with Crippen molar-refractivity contribution in [3.63, 3.8) is 0 Å². The number of amides is 1. The van der Waals surface area contributed by atoms with Crippen LogP contribution in [0, 0.1) is 5.92 Å². The predicted octanol–water partition coefficient (Wildman–Crippen LogP) is 1.98. The number of hydrogen-bond acceptors (Lipinski definition) is 5. The van der Waals surface area contributed by atoms with Gasteiger partial charge in [-0.1, -0.05) is 12.1 Å². The third kappa shape index (κ3) is 7.71. The molecule has 0 bridgehead atoms. The van der Waals surface area contributed by atoms with Gasteiger partial charge in [0.2, 0.25) is 0 Å². The van der Waals surface area contributed by atoms with Crippen LogP contribution in [-0.4, -0.2) is 67.2 Å². The molecule has 9 heteroatoms. The first-order valence-electron chi connectivity index (χ1n) is 9.82. The monoisotopic (exact) mass is 518 g/mol. The molecule has 2 rings (SSSR count). The predicted molar refractivity (Wildman–Crippen MR) is 123 cm³/mol. The van der Waals surface area contributed by atoms with Crippen LogP contribution >= 0.6 is 24.0 Å². The highest BCUT2D eigenvalue weighted by atomic mass is 127. The summed E-state index contributed by atoms with van der Waals surface area (Å²) in [7, 11) is 0. The molecule has 29 heavy (non-hydrogen) atoms. The van der Waals surface area contributed by atoms with E-state index in [4.69, 9.17) is 4.74 Å². The summed E-state index contributed by atoms with van der Waals surface area (Å²) < 4.78 is 5.15. The number of phenols is 1. The molecular weight excluding hydrogens is 487 g/mol. The third-order valence-electron chi connectivity index (χ3n) is 4.48. The van der Waals surface area contributed by atoms with Gasteiger partial charge in [-0.05, 0) is 38.8 Å². The minimum atomic E-state index is -0.335. The molecule has 1 amide bonds. The number of piperidine rings is 1. The van der Waals surface area contributed by atoms with E-state index in [9.17, 15) is 14.7 Å². The van der Waals surface area contributed by atoms with E-state index in [2.05, 4.69) is 20.5 Å². The molecule has 1 aromatic rings. The maximum absolute atomic E-state index is 12.1. The Kier molecular flexibility index (Phi) is 11.4. The Morgan fingerprint density at radius 2 is 2.03 bits per heavy atom. The molecule has 0 saturated carbocycles.